The van der Waals surface area contributed by atoms with E-state index in [2.05, 4.69) is 16.4 Å². The Labute approximate surface area is 203 Å². The second kappa shape index (κ2) is 21.9. The van der Waals surface area contributed by atoms with E-state index in [4.69, 9.17) is 10.2 Å². The number of hydrogen-bond donors (Lipinski definition) is 4. The Hall–Kier alpha value is -1.55. The minimum atomic E-state index is -2.29. The molecule has 9 nitrogen and oxygen atoms in total. The van der Waals surface area contributed by atoms with Crippen LogP contribution in [0.1, 0.15) is 110 Å². The minimum absolute atomic E-state index is 0.0000495. The van der Waals surface area contributed by atoms with Crippen LogP contribution in [-0.2, 0) is 23.9 Å². The van der Waals surface area contributed by atoms with Gasteiger partial charge in [-0.05, 0) is 6.42 Å². The lowest BCUT2D eigenvalue weighted by Gasteiger charge is -2.16. The van der Waals surface area contributed by atoms with Crippen molar-refractivity contribution in [2.45, 2.75) is 128 Å². The van der Waals surface area contributed by atoms with Crippen LogP contribution in [0.5, 0.6) is 0 Å². The van der Waals surface area contributed by atoms with Gasteiger partial charge in [0, 0.05) is 6.42 Å². The Morgan fingerprint density at radius 2 is 1.06 bits per heavy atom. The second-order valence-corrected chi connectivity index (χ2v) is 8.85. The summed E-state index contributed by atoms with van der Waals surface area (Å²) in [5.41, 5.74) is 0. The van der Waals surface area contributed by atoms with Crippen LogP contribution >= 0.6 is 0 Å². The van der Waals surface area contributed by atoms with Crippen molar-refractivity contribution < 1.29 is 44.3 Å². The molecule has 34 heavy (non-hydrogen) atoms. The van der Waals surface area contributed by atoms with Crippen LogP contribution in [0.3, 0.4) is 0 Å². The molecule has 200 valence electrons. The molecule has 0 heterocycles. The van der Waals surface area contributed by atoms with E-state index in [-0.39, 0.29) is 6.42 Å². The zero-order chi connectivity index (χ0) is 25.6. The van der Waals surface area contributed by atoms with Gasteiger partial charge in [0.15, 0.2) is 12.2 Å². The van der Waals surface area contributed by atoms with E-state index in [9.17, 15) is 24.6 Å². The van der Waals surface area contributed by atoms with Crippen molar-refractivity contribution in [3.8, 4) is 0 Å². The zero-order valence-electron chi connectivity index (χ0n) is 20.8. The molecule has 0 aliphatic rings. The predicted molar refractivity (Wildman–Crippen MR) is 127 cm³/mol. The van der Waals surface area contributed by atoms with Crippen molar-refractivity contribution in [2.75, 3.05) is 13.2 Å². The van der Waals surface area contributed by atoms with Gasteiger partial charge in [0.25, 0.3) is 0 Å². The maximum atomic E-state index is 11.7. The molecule has 0 bridgehead atoms. The van der Waals surface area contributed by atoms with E-state index in [1.807, 2.05) is 0 Å². The molecule has 0 aromatic rings. The highest BCUT2D eigenvalue weighted by Gasteiger charge is 2.34. The fourth-order valence-corrected chi connectivity index (χ4v) is 3.44. The van der Waals surface area contributed by atoms with Crippen molar-refractivity contribution in [2.24, 2.45) is 0 Å². The monoisotopic (exact) mass is 490 g/mol. The van der Waals surface area contributed by atoms with Crippen LogP contribution in [0, 0.1) is 0 Å². The molecule has 0 spiro atoms. The van der Waals surface area contributed by atoms with Crippen LogP contribution < -0.4 is 0 Å². The second-order valence-electron chi connectivity index (χ2n) is 8.85. The summed E-state index contributed by atoms with van der Waals surface area (Å²) < 4.78 is 8.91. The Morgan fingerprint density at radius 3 is 1.50 bits per heavy atom. The van der Waals surface area contributed by atoms with E-state index in [0.29, 0.717) is 6.42 Å². The van der Waals surface area contributed by atoms with Crippen LogP contribution in [0.4, 0.5) is 0 Å². The normalized spacial score (nSPS) is 13.8. The van der Waals surface area contributed by atoms with Gasteiger partial charge in [-0.25, -0.2) is 9.59 Å². The summed E-state index contributed by atoms with van der Waals surface area (Å²) >= 11 is 0. The topological polar surface area (TPSA) is 151 Å². The third-order valence-corrected chi connectivity index (χ3v) is 5.61. The molecule has 0 aliphatic heterocycles. The average Bonchev–Trinajstić information content (AvgIpc) is 2.83. The molecular formula is C25H46O9. The molecule has 0 aromatic carbocycles. The molecule has 0 amide bonds. The summed E-state index contributed by atoms with van der Waals surface area (Å²) in [5.74, 6) is -3.67. The SMILES string of the molecule is CCCCCCCCCCCCCCCCCC(=O)OC(=O)C(O)C(O)C(=O)OCC(O)CO. The Balaban J connectivity index is 3.68. The number of aliphatic hydroxyl groups is 4. The van der Waals surface area contributed by atoms with Crippen molar-refractivity contribution in [1.29, 1.82) is 0 Å². The third kappa shape index (κ3) is 17.9. The van der Waals surface area contributed by atoms with Gasteiger partial charge >= 0.3 is 17.9 Å². The Bertz CT molecular complexity index is 538. The molecule has 0 aromatic heterocycles. The van der Waals surface area contributed by atoms with E-state index in [1.54, 1.807) is 0 Å². The number of rotatable bonds is 22. The fourth-order valence-electron chi connectivity index (χ4n) is 3.44. The van der Waals surface area contributed by atoms with Crippen LogP contribution in [0.25, 0.3) is 0 Å². The van der Waals surface area contributed by atoms with Gasteiger partial charge < -0.3 is 29.9 Å². The maximum Gasteiger partial charge on any atom is 0.346 e. The first-order valence-corrected chi connectivity index (χ1v) is 12.9. The van der Waals surface area contributed by atoms with Gasteiger partial charge in [-0.2, -0.15) is 0 Å². The summed E-state index contributed by atoms with van der Waals surface area (Å²) in [6, 6.07) is 0. The predicted octanol–water partition coefficient (Wildman–Crippen LogP) is 2.94. The van der Waals surface area contributed by atoms with Crippen molar-refractivity contribution in [3.63, 3.8) is 0 Å². The molecule has 0 aliphatic carbocycles. The Kier molecular flexibility index (Phi) is 20.9. The van der Waals surface area contributed by atoms with Gasteiger partial charge in [-0.3, -0.25) is 4.79 Å². The first-order chi connectivity index (χ1) is 16.3. The molecule has 3 unspecified atom stereocenters. The highest BCUT2D eigenvalue weighted by atomic mass is 16.6. The highest BCUT2D eigenvalue weighted by molar-refractivity contribution is 5.91. The summed E-state index contributed by atoms with van der Waals surface area (Å²) in [7, 11) is 0. The van der Waals surface area contributed by atoms with E-state index < -0.39 is 49.4 Å². The molecular weight excluding hydrogens is 444 g/mol. The van der Waals surface area contributed by atoms with Crippen LogP contribution in [-0.4, -0.2) is 69.9 Å². The molecule has 0 saturated heterocycles. The van der Waals surface area contributed by atoms with Crippen molar-refractivity contribution >= 4 is 17.9 Å². The van der Waals surface area contributed by atoms with Crippen molar-refractivity contribution in [3.05, 3.63) is 0 Å². The summed E-state index contributed by atoms with van der Waals surface area (Å²) in [5, 5.41) is 36.9. The zero-order valence-corrected chi connectivity index (χ0v) is 20.8. The first-order valence-electron chi connectivity index (χ1n) is 12.9. The average molecular weight is 491 g/mol. The highest BCUT2D eigenvalue weighted by Crippen LogP contribution is 2.14. The number of esters is 3. The van der Waals surface area contributed by atoms with Gasteiger partial charge in [-0.1, -0.05) is 96.8 Å². The summed E-state index contributed by atoms with van der Waals surface area (Å²) in [4.78, 5) is 34.9. The van der Waals surface area contributed by atoms with E-state index >= 15 is 0 Å². The van der Waals surface area contributed by atoms with Gasteiger partial charge in [-0.15, -0.1) is 0 Å². The van der Waals surface area contributed by atoms with Gasteiger partial charge in [0.1, 0.15) is 12.7 Å². The van der Waals surface area contributed by atoms with Crippen LogP contribution in [0.15, 0.2) is 0 Å². The lowest BCUT2D eigenvalue weighted by molar-refractivity contribution is -0.178. The third-order valence-electron chi connectivity index (χ3n) is 5.61. The Morgan fingerprint density at radius 1 is 0.647 bits per heavy atom. The fraction of sp³-hybridized carbons (Fsp3) is 0.880. The van der Waals surface area contributed by atoms with E-state index in [0.717, 1.165) is 19.3 Å². The number of unbranched alkanes of at least 4 members (excludes halogenated alkanes) is 14. The number of ether oxygens (including phenoxy) is 2. The summed E-state index contributed by atoms with van der Waals surface area (Å²) in [6.45, 7) is 0.951. The van der Waals surface area contributed by atoms with Crippen molar-refractivity contribution in [1.82, 2.24) is 0 Å². The minimum Gasteiger partial charge on any atom is -0.461 e. The number of carbonyl (C=O) groups excluding carboxylic acids is 3. The quantitative estimate of drug-likeness (QED) is 0.102. The standard InChI is InChI=1S/C25H46O9/c1-2-3-4-5-6-7-8-9-10-11-12-13-14-15-16-17-21(28)34-25(32)23(30)22(29)24(31)33-19-20(27)18-26/h20,22-23,26-27,29-30H,2-19H2,1H3. The smallest absolute Gasteiger partial charge is 0.346 e. The maximum absolute atomic E-state index is 11.7. The van der Waals surface area contributed by atoms with Crippen LogP contribution in [0.2, 0.25) is 0 Å². The largest absolute Gasteiger partial charge is 0.461 e. The molecule has 0 saturated carbocycles. The van der Waals surface area contributed by atoms with Gasteiger partial charge in [0.2, 0.25) is 0 Å². The lowest BCUT2D eigenvalue weighted by atomic mass is 10.0. The number of aliphatic hydroxyl groups excluding tert-OH is 4. The van der Waals surface area contributed by atoms with Gasteiger partial charge in [0.05, 0.1) is 6.61 Å². The number of carbonyl (C=O) groups is 3. The number of hydrogen-bond acceptors (Lipinski definition) is 9. The molecule has 9 heteroatoms. The molecule has 0 fully saturated rings. The molecule has 4 N–H and O–H groups in total. The molecule has 3 atom stereocenters. The molecule has 0 rings (SSSR count). The van der Waals surface area contributed by atoms with E-state index in [1.165, 1.54) is 70.6 Å². The molecule has 0 radical (unpaired) electrons. The first kappa shape index (κ1) is 32.5. The summed E-state index contributed by atoms with van der Waals surface area (Å²) in [6.07, 6.45) is 11.9. The lowest BCUT2D eigenvalue weighted by Crippen LogP contribution is -2.43.